The normalized spacial score (nSPS) is 22.6. The van der Waals surface area contributed by atoms with Crippen LogP contribution in [0.4, 0.5) is 0 Å². The van der Waals surface area contributed by atoms with E-state index in [1.165, 1.54) is 16.3 Å². The van der Waals surface area contributed by atoms with Gasteiger partial charge in [0, 0.05) is 12.3 Å². The maximum absolute atomic E-state index is 4.64. The number of hydrogen-bond donors (Lipinski definition) is 0. The van der Waals surface area contributed by atoms with Gasteiger partial charge in [0.15, 0.2) is 5.17 Å². The maximum Gasteiger partial charge on any atom is 0.159 e. The molecule has 1 unspecified atom stereocenters. The Hall–Kier alpha value is -1.22. The van der Waals surface area contributed by atoms with Crippen LogP contribution in [0.15, 0.2) is 41.9 Å². The molecule has 0 bridgehead atoms. The first-order valence-electron chi connectivity index (χ1n) is 6.52. The van der Waals surface area contributed by atoms with E-state index in [-0.39, 0.29) is 0 Å². The van der Waals surface area contributed by atoms with Gasteiger partial charge in [-0.3, -0.25) is 4.99 Å². The van der Waals surface area contributed by atoms with Gasteiger partial charge >= 0.3 is 0 Å². The number of thioether (sulfide) groups is 1. The standard InChI is InChI=1S/C15H18N2S/c1-2-5-14-13-7-4-3-6-12(13)8-10-17(14)15-16-9-11-18-15/h2-4,6-7,14H,1,5,8-11H2. The molecule has 1 aromatic carbocycles. The van der Waals surface area contributed by atoms with Gasteiger partial charge in [0.25, 0.3) is 0 Å². The molecule has 3 heteroatoms. The van der Waals surface area contributed by atoms with Crippen LogP contribution in [0.25, 0.3) is 0 Å². The number of hydrogen-bond acceptors (Lipinski definition) is 3. The zero-order valence-electron chi connectivity index (χ0n) is 10.5. The van der Waals surface area contributed by atoms with Gasteiger partial charge in [-0.25, -0.2) is 0 Å². The van der Waals surface area contributed by atoms with Crippen molar-refractivity contribution in [3.63, 3.8) is 0 Å². The predicted molar refractivity (Wildman–Crippen MR) is 79.2 cm³/mol. The summed E-state index contributed by atoms with van der Waals surface area (Å²) in [5.74, 6) is 1.13. The molecule has 0 aliphatic carbocycles. The van der Waals surface area contributed by atoms with Crippen LogP contribution in [0, 0.1) is 0 Å². The predicted octanol–water partition coefficient (Wildman–Crippen LogP) is 3.26. The minimum absolute atomic E-state index is 0.428. The molecule has 3 rings (SSSR count). The molecule has 0 fully saturated rings. The topological polar surface area (TPSA) is 15.6 Å². The summed E-state index contributed by atoms with van der Waals surface area (Å²) in [5, 5.41) is 1.23. The molecule has 0 spiro atoms. The zero-order valence-corrected chi connectivity index (χ0v) is 11.3. The van der Waals surface area contributed by atoms with Crippen LogP contribution in [0.3, 0.4) is 0 Å². The Labute approximate surface area is 113 Å². The molecule has 1 atom stereocenters. The second-order valence-corrected chi connectivity index (χ2v) is 5.76. The number of aliphatic imine (C=N–C) groups is 1. The summed E-state index contributed by atoms with van der Waals surface area (Å²) in [6, 6.07) is 9.22. The van der Waals surface area contributed by atoms with E-state index in [0.717, 1.165) is 31.7 Å². The van der Waals surface area contributed by atoms with Crippen LogP contribution in [0.2, 0.25) is 0 Å². The Morgan fingerprint density at radius 1 is 1.44 bits per heavy atom. The molecule has 18 heavy (non-hydrogen) atoms. The van der Waals surface area contributed by atoms with Crippen LogP contribution in [-0.2, 0) is 6.42 Å². The second-order valence-electron chi connectivity index (χ2n) is 4.70. The summed E-state index contributed by atoms with van der Waals surface area (Å²) in [4.78, 5) is 7.11. The first-order valence-corrected chi connectivity index (χ1v) is 7.51. The van der Waals surface area contributed by atoms with Crippen molar-refractivity contribution < 1.29 is 0 Å². The number of rotatable bonds is 2. The summed E-state index contributed by atoms with van der Waals surface area (Å²) in [6.07, 6.45) is 4.15. The largest absolute Gasteiger partial charge is 0.344 e. The fourth-order valence-corrected chi connectivity index (χ4v) is 3.72. The fraction of sp³-hybridized carbons (Fsp3) is 0.400. The SMILES string of the molecule is C=CCC1c2ccccc2CCN1C1=NCCS1. The molecule has 94 valence electrons. The molecule has 0 saturated heterocycles. The first-order chi connectivity index (χ1) is 8.90. The van der Waals surface area contributed by atoms with Gasteiger partial charge in [0.05, 0.1) is 12.6 Å². The first kappa shape index (κ1) is 11.8. The molecule has 2 aliphatic rings. The summed E-state index contributed by atoms with van der Waals surface area (Å²) in [7, 11) is 0. The lowest BCUT2D eigenvalue weighted by Gasteiger charge is -2.38. The summed E-state index contributed by atoms with van der Waals surface area (Å²) >= 11 is 1.89. The quantitative estimate of drug-likeness (QED) is 0.757. The number of fused-ring (bicyclic) bond motifs is 1. The van der Waals surface area contributed by atoms with Crippen molar-refractivity contribution in [3.8, 4) is 0 Å². The molecular formula is C15H18N2S. The highest BCUT2D eigenvalue weighted by Gasteiger charge is 2.29. The Morgan fingerprint density at radius 3 is 3.11 bits per heavy atom. The van der Waals surface area contributed by atoms with Gasteiger partial charge in [-0.2, -0.15) is 0 Å². The van der Waals surface area contributed by atoms with Crippen LogP contribution in [0.5, 0.6) is 0 Å². The lowest BCUT2D eigenvalue weighted by molar-refractivity contribution is 0.306. The lowest BCUT2D eigenvalue weighted by Crippen LogP contribution is -2.38. The van der Waals surface area contributed by atoms with E-state index in [1.807, 2.05) is 17.8 Å². The van der Waals surface area contributed by atoms with E-state index in [2.05, 4.69) is 40.7 Å². The average Bonchev–Trinajstić information content (AvgIpc) is 2.93. The van der Waals surface area contributed by atoms with E-state index in [0.29, 0.717) is 6.04 Å². The molecule has 0 radical (unpaired) electrons. The molecule has 0 aromatic heterocycles. The van der Waals surface area contributed by atoms with E-state index in [4.69, 9.17) is 0 Å². The van der Waals surface area contributed by atoms with Crippen LogP contribution < -0.4 is 0 Å². The average molecular weight is 258 g/mol. The minimum Gasteiger partial charge on any atom is -0.344 e. The Kier molecular flexibility index (Phi) is 3.41. The van der Waals surface area contributed by atoms with Crippen molar-refractivity contribution in [2.75, 3.05) is 18.8 Å². The molecule has 1 aromatic rings. The van der Waals surface area contributed by atoms with Crippen LogP contribution in [-0.4, -0.2) is 28.9 Å². The summed E-state index contributed by atoms with van der Waals surface area (Å²) in [5.41, 5.74) is 2.95. The van der Waals surface area contributed by atoms with Crippen LogP contribution >= 0.6 is 11.8 Å². The van der Waals surface area contributed by atoms with Gasteiger partial charge in [0.2, 0.25) is 0 Å². The van der Waals surface area contributed by atoms with Crippen molar-refractivity contribution in [1.82, 2.24) is 4.90 Å². The van der Waals surface area contributed by atoms with Crippen molar-refractivity contribution in [2.24, 2.45) is 4.99 Å². The third kappa shape index (κ3) is 2.07. The van der Waals surface area contributed by atoms with Gasteiger partial charge in [0.1, 0.15) is 0 Å². The maximum atomic E-state index is 4.64. The lowest BCUT2D eigenvalue weighted by atomic mass is 9.91. The second kappa shape index (κ2) is 5.19. The van der Waals surface area contributed by atoms with Crippen molar-refractivity contribution in [3.05, 3.63) is 48.0 Å². The summed E-state index contributed by atoms with van der Waals surface area (Å²) in [6.45, 7) is 5.97. The highest BCUT2D eigenvalue weighted by atomic mass is 32.2. The van der Waals surface area contributed by atoms with Crippen molar-refractivity contribution in [1.29, 1.82) is 0 Å². The number of benzene rings is 1. The van der Waals surface area contributed by atoms with Crippen molar-refractivity contribution in [2.45, 2.75) is 18.9 Å². The number of nitrogens with zero attached hydrogens (tertiary/aromatic N) is 2. The van der Waals surface area contributed by atoms with Gasteiger partial charge in [-0.15, -0.1) is 6.58 Å². The molecular weight excluding hydrogens is 240 g/mol. The Balaban J connectivity index is 1.95. The third-order valence-corrected chi connectivity index (χ3v) is 4.63. The summed E-state index contributed by atoms with van der Waals surface area (Å²) < 4.78 is 0. The number of amidine groups is 1. The highest BCUT2D eigenvalue weighted by Crippen LogP contribution is 2.35. The molecule has 0 amide bonds. The van der Waals surface area contributed by atoms with Crippen LogP contribution in [0.1, 0.15) is 23.6 Å². The zero-order chi connectivity index (χ0) is 12.4. The fourth-order valence-electron chi connectivity index (χ4n) is 2.79. The van der Waals surface area contributed by atoms with E-state index in [1.54, 1.807) is 0 Å². The monoisotopic (exact) mass is 258 g/mol. The molecule has 0 N–H and O–H groups in total. The molecule has 0 saturated carbocycles. The van der Waals surface area contributed by atoms with E-state index < -0.39 is 0 Å². The third-order valence-electron chi connectivity index (χ3n) is 3.62. The van der Waals surface area contributed by atoms with Gasteiger partial charge in [-0.05, 0) is 24.0 Å². The Morgan fingerprint density at radius 2 is 2.33 bits per heavy atom. The van der Waals surface area contributed by atoms with E-state index in [9.17, 15) is 0 Å². The molecule has 2 heterocycles. The molecule has 2 aliphatic heterocycles. The molecule has 2 nitrogen and oxygen atoms in total. The van der Waals surface area contributed by atoms with E-state index >= 15 is 0 Å². The Bertz CT molecular complexity index is 481. The minimum atomic E-state index is 0.428. The van der Waals surface area contributed by atoms with Gasteiger partial charge < -0.3 is 4.90 Å². The smallest absolute Gasteiger partial charge is 0.159 e. The van der Waals surface area contributed by atoms with Gasteiger partial charge in [-0.1, -0.05) is 42.1 Å². The van der Waals surface area contributed by atoms with Crippen molar-refractivity contribution >= 4 is 16.9 Å². The highest BCUT2D eigenvalue weighted by molar-refractivity contribution is 8.14.